The molecule has 2 heterocycles. The van der Waals surface area contributed by atoms with Gasteiger partial charge in [0, 0.05) is 26.2 Å². The lowest BCUT2D eigenvalue weighted by molar-refractivity contribution is 0.247. The van der Waals surface area contributed by atoms with Crippen LogP contribution in [-0.2, 0) is 0 Å². The van der Waals surface area contributed by atoms with Crippen molar-refractivity contribution in [1.82, 2.24) is 9.88 Å². The standard InChI is InChI=1S/C15H26N4/c1-4-10-16-14-8-5-9-15(17-14)19(3)13-7-6-11-18(2)12-13/h5,8-9,13H,4,6-7,10-12H2,1-3H3,(H,16,17). The highest BCUT2D eigenvalue weighted by atomic mass is 15.2. The van der Waals surface area contributed by atoms with Crippen molar-refractivity contribution in [2.24, 2.45) is 0 Å². The van der Waals surface area contributed by atoms with E-state index in [4.69, 9.17) is 4.98 Å². The maximum atomic E-state index is 4.71. The number of nitrogens with zero attached hydrogens (tertiary/aromatic N) is 3. The van der Waals surface area contributed by atoms with E-state index in [2.05, 4.69) is 48.3 Å². The second-order valence-corrected chi connectivity index (χ2v) is 5.48. The number of anilines is 2. The van der Waals surface area contributed by atoms with Crippen LogP contribution < -0.4 is 10.2 Å². The highest BCUT2D eigenvalue weighted by Crippen LogP contribution is 2.20. The van der Waals surface area contributed by atoms with Crippen LogP contribution in [-0.4, -0.2) is 49.7 Å². The lowest BCUT2D eigenvalue weighted by Gasteiger charge is -2.36. The van der Waals surface area contributed by atoms with E-state index in [0.29, 0.717) is 6.04 Å². The number of nitrogens with one attached hydrogen (secondary N) is 1. The average Bonchev–Trinajstić information content (AvgIpc) is 2.44. The van der Waals surface area contributed by atoms with Crippen LogP contribution in [0.4, 0.5) is 11.6 Å². The second-order valence-electron chi connectivity index (χ2n) is 5.48. The van der Waals surface area contributed by atoms with E-state index in [1.54, 1.807) is 0 Å². The van der Waals surface area contributed by atoms with Crippen LogP contribution in [0.1, 0.15) is 26.2 Å². The van der Waals surface area contributed by atoms with E-state index < -0.39 is 0 Å². The third-order valence-electron chi connectivity index (χ3n) is 3.80. The minimum Gasteiger partial charge on any atom is -0.370 e. The van der Waals surface area contributed by atoms with Crippen molar-refractivity contribution in [2.45, 2.75) is 32.2 Å². The van der Waals surface area contributed by atoms with Gasteiger partial charge in [-0.15, -0.1) is 0 Å². The van der Waals surface area contributed by atoms with Gasteiger partial charge in [-0.3, -0.25) is 0 Å². The van der Waals surface area contributed by atoms with E-state index in [1.807, 2.05) is 6.07 Å². The number of likely N-dealkylation sites (tertiary alicyclic amines) is 1. The lowest BCUT2D eigenvalue weighted by atomic mass is 10.1. The summed E-state index contributed by atoms with van der Waals surface area (Å²) in [6.07, 6.45) is 3.66. The summed E-state index contributed by atoms with van der Waals surface area (Å²) in [6, 6.07) is 6.81. The Morgan fingerprint density at radius 2 is 2.32 bits per heavy atom. The molecule has 0 radical (unpaired) electrons. The number of hydrogen-bond acceptors (Lipinski definition) is 4. The molecule has 2 rings (SSSR count). The van der Waals surface area contributed by atoms with Crippen molar-refractivity contribution in [3.63, 3.8) is 0 Å². The Balaban J connectivity index is 2.03. The maximum absolute atomic E-state index is 4.71. The fourth-order valence-corrected chi connectivity index (χ4v) is 2.61. The number of likely N-dealkylation sites (N-methyl/N-ethyl adjacent to an activating group) is 2. The summed E-state index contributed by atoms with van der Waals surface area (Å²) in [6.45, 7) is 5.49. The third-order valence-corrected chi connectivity index (χ3v) is 3.80. The van der Waals surface area contributed by atoms with Crippen molar-refractivity contribution in [3.05, 3.63) is 18.2 Å². The summed E-state index contributed by atoms with van der Waals surface area (Å²) in [7, 11) is 4.36. The largest absolute Gasteiger partial charge is 0.370 e. The normalized spacial score (nSPS) is 20.3. The molecule has 1 unspecified atom stereocenters. The Morgan fingerprint density at radius 3 is 3.05 bits per heavy atom. The van der Waals surface area contributed by atoms with Crippen LogP contribution in [0.3, 0.4) is 0 Å². The first-order valence-corrected chi connectivity index (χ1v) is 7.33. The van der Waals surface area contributed by atoms with Gasteiger partial charge in [-0.2, -0.15) is 0 Å². The van der Waals surface area contributed by atoms with E-state index in [9.17, 15) is 0 Å². The number of hydrogen-bond donors (Lipinski definition) is 1. The molecular weight excluding hydrogens is 236 g/mol. The van der Waals surface area contributed by atoms with Gasteiger partial charge in [-0.05, 0) is 45.0 Å². The highest BCUT2D eigenvalue weighted by Gasteiger charge is 2.21. The molecule has 1 aromatic rings. The minimum atomic E-state index is 0.577. The molecule has 19 heavy (non-hydrogen) atoms. The van der Waals surface area contributed by atoms with Crippen molar-refractivity contribution in [1.29, 1.82) is 0 Å². The highest BCUT2D eigenvalue weighted by molar-refractivity contribution is 5.47. The van der Waals surface area contributed by atoms with Crippen LogP contribution >= 0.6 is 0 Å². The molecule has 0 amide bonds. The number of aromatic nitrogens is 1. The zero-order valence-corrected chi connectivity index (χ0v) is 12.4. The third kappa shape index (κ3) is 3.83. The maximum Gasteiger partial charge on any atom is 0.130 e. The summed E-state index contributed by atoms with van der Waals surface area (Å²) in [4.78, 5) is 9.44. The fourth-order valence-electron chi connectivity index (χ4n) is 2.61. The van der Waals surface area contributed by atoms with Crippen LogP contribution in [0.5, 0.6) is 0 Å². The smallest absolute Gasteiger partial charge is 0.130 e. The molecule has 1 aromatic heterocycles. The molecule has 1 fully saturated rings. The van der Waals surface area contributed by atoms with Gasteiger partial charge in [-0.1, -0.05) is 13.0 Å². The predicted molar refractivity (Wildman–Crippen MR) is 81.9 cm³/mol. The minimum absolute atomic E-state index is 0.577. The Hall–Kier alpha value is -1.29. The van der Waals surface area contributed by atoms with Gasteiger partial charge in [0.25, 0.3) is 0 Å². The molecule has 106 valence electrons. The van der Waals surface area contributed by atoms with Crippen molar-refractivity contribution >= 4 is 11.6 Å². The van der Waals surface area contributed by atoms with Crippen LogP contribution in [0.2, 0.25) is 0 Å². The van der Waals surface area contributed by atoms with Crippen LogP contribution in [0, 0.1) is 0 Å². The van der Waals surface area contributed by atoms with E-state index in [1.165, 1.54) is 19.4 Å². The molecule has 1 aliphatic rings. The fraction of sp³-hybridized carbons (Fsp3) is 0.667. The molecule has 1 aliphatic heterocycles. The molecule has 0 aromatic carbocycles. The average molecular weight is 262 g/mol. The zero-order chi connectivity index (χ0) is 13.7. The molecule has 0 bridgehead atoms. The SMILES string of the molecule is CCCNc1cccc(N(C)C2CCCN(C)C2)n1. The molecule has 4 nitrogen and oxygen atoms in total. The Labute approximate surface area is 116 Å². The quantitative estimate of drug-likeness (QED) is 0.883. The molecular formula is C15H26N4. The lowest BCUT2D eigenvalue weighted by Crippen LogP contribution is -2.45. The Bertz CT molecular complexity index is 393. The number of pyridine rings is 1. The van der Waals surface area contributed by atoms with Crippen LogP contribution in [0.15, 0.2) is 18.2 Å². The zero-order valence-electron chi connectivity index (χ0n) is 12.4. The Morgan fingerprint density at radius 1 is 1.47 bits per heavy atom. The summed E-state index contributed by atoms with van der Waals surface area (Å²) in [5.41, 5.74) is 0. The summed E-state index contributed by atoms with van der Waals surface area (Å²) in [5.74, 6) is 2.05. The Kier molecular flexibility index (Phi) is 5.02. The monoisotopic (exact) mass is 262 g/mol. The van der Waals surface area contributed by atoms with Gasteiger partial charge in [-0.25, -0.2) is 4.98 Å². The van der Waals surface area contributed by atoms with E-state index >= 15 is 0 Å². The van der Waals surface area contributed by atoms with Gasteiger partial charge in [0.1, 0.15) is 11.6 Å². The molecule has 0 spiro atoms. The van der Waals surface area contributed by atoms with Crippen molar-refractivity contribution < 1.29 is 0 Å². The summed E-state index contributed by atoms with van der Waals surface area (Å²) >= 11 is 0. The number of piperidine rings is 1. The van der Waals surface area contributed by atoms with Gasteiger partial charge in [0.2, 0.25) is 0 Å². The summed E-state index contributed by atoms with van der Waals surface area (Å²) in [5, 5.41) is 3.35. The van der Waals surface area contributed by atoms with E-state index in [0.717, 1.165) is 31.1 Å². The topological polar surface area (TPSA) is 31.4 Å². The summed E-state index contributed by atoms with van der Waals surface area (Å²) < 4.78 is 0. The molecule has 1 saturated heterocycles. The predicted octanol–water partition coefficient (Wildman–Crippen LogP) is 2.43. The molecule has 4 heteroatoms. The first-order chi connectivity index (χ1) is 9.20. The van der Waals surface area contributed by atoms with Gasteiger partial charge >= 0.3 is 0 Å². The molecule has 1 atom stereocenters. The second kappa shape index (κ2) is 6.75. The van der Waals surface area contributed by atoms with E-state index in [-0.39, 0.29) is 0 Å². The van der Waals surface area contributed by atoms with Gasteiger partial charge in [0.05, 0.1) is 0 Å². The molecule has 0 saturated carbocycles. The van der Waals surface area contributed by atoms with Gasteiger partial charge in [0.15, 0.2) is 0 Å². The van der Waals surface area contributed by atoms with Crippen molar-refractivity contribution in [3.8, 4) is 0 Å². The number of rotatable bonds is 5. The molecule has 0 aliphatic carbocycles. The molecule has 1 N–H and O–H groups in total. The first kappa shape index (κ1) is 14.1. The van der Waals surface area contributed by atoms with Gasteiger partial charge < -0.3 is 15.1 Å². The van der Waals surface area contributed by atoms with Crippen LogP contribution in [0.25, 0.3) is 0 Å². The van der Waals surface area contributed by atoms with Crippen molar-refractivity contribution in [2.75, 3.05) is 43.9 Å². The first-order valence-electron chi connectivity index (χ1n) is 7.33.